The van der Waals surface area contributed by atoms with Crippen LogP contribution in [0.1, 0.15) is 31.5 Å². The number of aliphatic hydroxyl groups excluding tert-OH is 1. The quantitative estimate of drug-likeness (QED) is 0.0352. The van der Waals surface area contributed by atoms with Gasteiger partial charge in [0.15, 0.2) is 0 Å². The fourth-order valence-electron chi connectivity index (χ4n) is 6.58. The summed E-state index contributed by atoms with van der Waals surface area (Å²) in [6.45, 7) is 3.86. The van der Waals surface area contributed by atoms with Gasteiger partial charge in [-0.15, -0.1) is 0 Å². The number of anilines is 3. The summed E-state index contributed by atoms with van der Waals surface area (Å²) in [6, 6.07) is 12.4. The fourth-order valence-corrected chi connectivity index (χ4v) is 6.58. The molecule has 0 spiro atoms. The summed E-state index contributed by atoms with van der Waals surface area (Å²) in [5.74, 6) is -1.54. The molecule has 1 aliphatic heterocycles. The lowest BCUT2D eigenvalue weighted by atomic mass is 10.1. The second-order valence-corrected chi connectivity index (χ2v) is 13.1. The third-order valence-corrected chi connectivity index (χ3v) is 9.32. The van der Waals surface area contributed by atoms with Crippen molar-refractivity contribution < 1.29 is 44.1 Å². The number of aromatic nitrogens is 4. The van der Waals surface area contributed by atoms with E-state index in [0.29, 0.717) is 117 Å². The molecule has 2 aromatic carbocycles. The zero-order chi connectivity index (χ0) is 39.0. The normalized spacial score (nSPS) is 13.7. The molecule has 0 amide bonds. The number of rotatable bonds is 19. The van der Waals surface area contributed by atoms with Gasteiger partial charge in [-0.25, -0.2) is 15.0 Å². The molecule has 18 nitrogen and oxygen atoms in total. The van der Waals surface area contributed by atoms with Crippen LogP contribution in [0.25, 0.3) is 33.6 Å². The minimum Gasteiger partial charge on any atom is -0.494 e. The Morgan fingerprint density at radius 3 is 2.53 bits per heavy atom. The number of nitro groups is 1. The van der Waals surface area contributed by atoms with Gasteiger partial charge in [0.05, 0.1) is 36.3 Å². The van der Waals surface area contributed by atoms with Crippen molar-refractivity contribution in [3.63, 3.8) is 0 Å². The Morgan fingerprint density at radius 1 is 1.00 bits per heavy atom. The first-order valence-electron chi connectivity index (χ1n) is 18.0. The number of unbranched alkanes of at least 4 members (excludes halogenated alkanes) is 1. The molecule has 5 N–H and O–H groups in total. The molecule has 0 saturated carbocycles. The summed E-state index contributed by atoms with van der Waals surface area (Å²) in [4.78, 5) is 36.1. The summed E-state index contributed by atoms with van der Waals surface area (Å²) in [5, 5.41) is 52.9. The average Bonchev–Trinajstić information content (AvgIpc) is 3.80. The molecule has 4 heterocycles. The number of methoxy groups -OCH3 is 1. The van der Waals surface area contributed by atoms with E-state index >= 15 is 0 Å². The van der Waals surface area contributed by atoms with Crippen LogP contribution in [0.15, 0.2) is 59.3 Å². The molecule has 0 bridgehead atoms. The molecule has 294 valence electrons. The van der Waals surface area contributed by atoms with E-state index in [1.165, 1.54) is 20.3 Å². The van der Waals surface area contributed by atoms with Gasteiger partial charge in [-0.1, -0.05) is 12.1 Å². The van der Waals surface area contributed by atoms with E-state index in [1.54, 1.807) is 29.3 Å². The van der Waals surface area contributed by atoms with Gasteiger partial charge in [0.1, 0.15) is 41.3 Å². The van der Waals surface area contributed by atoms with E-state index in [9.17, 15) is 15.2 Å². The van der Waals surface area contributed by atoms with Gasteiger partial charge in [-0.3, -0.25) is 15.0 Å². The number of ether oxygens (including phenoxy) is 2. The Morgan fingerprint density at radius 2 is 1.80 bits per heavy atom. The highest BCUT2D eigenvalue weighted by Gasteiger charge is 2.28. The number of hydrogen-bond acceptors (Lipinski definition) is 16. The largest absolute Gasteiger partial charge is 0.494 e. The first kappa shape index (κ1) is 39.3. The first-order valence-corrected chi connectivity index (χ1v) is 18.0. The summed E-state index contributed by atoms with van der Waals surface area (Å²) in [5.41, 5.74) is 3.68. The van der Waals surface area contributed by atoms with E-state index in [1.807, 2.05) is 29.2 Å². The predicted octanol–water partition coefficient (Wildman–Crippen LogP) is 3.34. The molecule has 0 atom stereocenters. The second-order valence-electron chi connectivity index (χ2n) is 13.1. The van der Waals surface area contributed by atoms with Crippen LogP contribution in [0.5, 0.6) is 5.75 Å². The lowest BCUT2D eigenvalue weighted by Crippen LogP contribution is -2.47. The van der Waals surface area contributed by atoms with Crippen molar-refractivity contribution in [3.8, 4) is 28.4 Å². The van der Waals surface area contributed by atoms with Gasteiger partial charge in [0.25, 0.3) is 11.7 Å². The number of fused-ring (bicyclic) bond motifs is 1. The summed E-state index contributed by atoms with van der Waals surface area (Å²) >= 11 is 0. The van der Waals surface area contributed by atoms with Crippen LogP contribution in [0.4, 0.5) is 23.0 Å². The van der Waals surface area contributed by atoms with E-state index in [-0.39, 0.29) is 24.7 Å². The Kier molecular flexibility index (Phi) is 12.8. The Bertz CT molecular complexity index is 2060. The molecule has 55 heavy (non-hydrogen) atoms. The maximum absolute atomic E-state index is 12.3. The number of hydrogen-bond donors (Lipinski definition) is 5. The molecule has 0 aliphatic carbocycles. The first-order chi connectivity index (χ1) is 26.6. The monoisotopic (exact) mass is 762 g/mol. The van der Waals surface area contributed by atoms with Crippen LogP contribution in [0, 0.1) is 10.1 Å². The molecule has 1 aliphatic rings. The smallest absolute Gasteiger partial charge is 0.294 e. The topological polar surface area (TPSA) is 227 Å². The molecule has 1 saturated heterocycles. The van der Waals surface area contributed by atoms with Crippen molar-refractivity contribution in [3.05, 3.63) is 70.9 Å². The highest BCUT2D eigenvalue weighted by atomic mass is 16.7. The van der Waals surface area contributed by atoms with Gasteiger partial charge in [-0.2, -0.15) is 4.73 Å². The van der Waals surface area contributed by atoms with Gasteiger partial charge in [0, 0.05) is 88.1 Å². The number of imidazole rings is 1. The molecule has 1 fully saturated rings. The number of piperazine rings is 1. The number of benzene rings is 2. The Balaban J connectivity index is 1.27. The van der Waals surface area contributed by atoms with Crippen molar-refractivity contribution in [1.82, 2.24) is 24.6 Å². The molecule has 18 heteroatoms. The van der Waals surface area contributed by atoms with Crippen LogP contribution < -0.4 is 19.8 Å². The van der Waals surface area contributed by atoms with Crippen LogP contribution in [0.2, 0.25) is 0 Å². The Labute approximate surface area is 316 Å². The van der Waals surface area contributed by atoms with Gasteiger partial charge < -0.3 is 49.4 Å². The van der Waals surface area contributed by atoms with Gasteiger partial charge in [-0.05, 0) is 37.5 Å². The lowest BCUT2D eigenvalue weighted by Gasteiger charge is -2.35. The Hall–Kier alpha value is -5.37. The number of nitrogens with zero attached hydrogens (tertiary/aromatic N) is 7. The summed E-state index contributed by atoms with van der Waals surface area (Å²) < 4.78 is 18.7. The molecule has 0 unspecified atom stereocenters. The maximum Gasteiger partial charge on any atom is 0.294 e. The van der Waals surface area contributed by atoms with Crippen molar-refractivity contribution >= 4 is 34.0 Å². The van der Waals surface area contributed by atoms with E-state index < -0.39 is 10.9 Å². The van der Waals surface area contributed by atoms with Crippen LogP contribution in [0.3, 0.4) is 0 Å². The number of aryl methyl sites for hydroxylation is 1. The maximum atomic E-state index is 12.3. The predicted molar refractivity (Wildman–Crippen MR) is 202 cm³/mol. The molecule has 5 aromatic rings. The molecule has 3 aromatic heterocycles. The second kappa shape index (κ2) is 17.8. The molecule has 0 radical (unpaired) electrons. The van der Waals surface area contributed by atoms with E-state index in [4.69, 9.17) is 44.0 Å². The highest BCUT2D eigenvalue weighted by molar-refractivity contribution is 5.86. The molecule has 6 rings (SSSR count). The van der Waals surface area contributed by atoms with Gasteiger partial charge >= 0.3 is 0 Å². The summed E-state index contributed by atoms with van der Waals surface area (Å²) in [7, 11) is 3.03. The standard InChI is InChI=1S/C37H46N8O10/c1-52-32-24-29(43-15-13-42(14-16-43)17-18-46)30(45(50)51)23-28(32)40-36-38-12-9-27(39-36)35-34(26-8-7-25-10-21-55-31(25)22-26)41-33(44(35)53-2)6-5-20-54-19-4-3-11-37(47,48)49/h7-10,12,21-24,46-49H,3-6,11,13-20H2,1-2H3,(H,38,39,40). The van der Waals surface area contributed by atoms with Crippen molar-refractivity contribution in [2.45, 2.75) is 38.1 Å². The van der Waals surface area contributed by atoms with E-state index in [0.717, 1.165) is 10.9 Å². The SMILES string of the molecule is COc1cc(N2CCN(CCO)CC2)c([N+](=O)[O-])cc1Nc1nccc(-c2c(-c3ccc4ccoc4c3)nc(CCCOCCCCC(O)(O)O)n2OC)n1. The number of nitrogens with one attached hydrogen (secondary N) is 1. The number of aliphatic hydroxyl groups is 4. The van der Waals surface area contributed by atoms with E-state index in [2.05, 4.69) is 15.2 Å². The number of nitro benzene ring substituents is 1. The zero-order valence-electron chi connectivity index (χ0n) is 30.8. The lowest BCUT2D eigenvalue weighted by molar-refractivity contribution is -0.384. The van der Waals surface area contributed by atoms with Crippen LogP contribution >= 0.6 is 0 Å². The van der Waals surface area contributed by atoms with Crippen molar-refractivity contribution in [2.75, 3.05) is 77.0 Å². The van der Waals surface area contributed by atoms with Crippen LogP contribution in [-0.4, -0.2) is 123 Å². The fraction of sp³-hybridized carbons (Fsp3) is 0.432. The number of β-amino-alcohol motifs (C(OH)–C–C–N with tert-alkyl or cyclic N) is 1. The molecular formula is C37H46N8O10. The third-order valence-electron chi connectivity index (χ3n) is 9.32. The van der Waals surface area contributed by atoms with Crippen LogP contribution in [-0.2, 0) is 11.2 Å². The summed E-state index contributed by atoms with van der Waals surface area (Å²) in [6.07, 6.45) is 5.05. The third kappa shape index (κ3) is 9.66. The highest BCUT2D eigenvalue weighted by Crippen LogP contribution is 2.40. The number of furan rings is 1. The minimum atomic E-state index is -2.67. The van der Waals surface area contributed by atoms with Crippen molar-refractivity contribution in [1.29, 1.82) is 0 Å². The van der Waals surface area contributed by atoms with Gasteiger partial charge in [0.2, 0.25) is 5.95 Å². The average molecular weight is 763 g/mol. The zero-order valence-corrected chi connectivity index (χ0v) is 30.8. The minimum absolute atomic E-state index is 0.0553. The van der Waals surface area contributed by atoms with Crippen molar-refractivity contribution in [2.24, 2.45) is 0 Å². The molecular weight excluding hydrogens is 716 g/mol.